The second-order valence-electron chi connectivity index (χ2n) is 5.92. The lowest BCUT2D eigenvalue weighted by atomic mass is 9.96. The Bertz CT molecular complexity index is 759. The molecule has 3 rings (SSSR count). The average molecular weight is 307 g/mol. The average Bonchev–Trinajstić information content (AvgIpc) is 2.60. The smallest absolute Gasteiger partial charge is 0.123 e. The van der Waals surface area contributed by atoms with Crippen molar-refractivity contribution in [3.8, 4) is 0 Å². The lowest BCUT2D eigenvalue weighted by molar-refractivity contribution is 0.526. The molecule has 0 aromatic heterocycles. The summed E-state index contributed by atoms with van der Waals surface area (Å²) in [5, 5.41) is 5.98. The van der Waals surface area contributed by atoms with E-state index in [9.17, 15) is 4.39 Å². The van der Waals surface area contributed by atoms with Gasteiger partial charge in [-0.15, -0.1) is 0 Å². The van der Waals surface area contributed by atoms with Gasteiger partial charge in [0.1, 0.15) is 5.82 Å². The number of benzene rings is 3. The van der Waals surface area contributed by atoms with E-state index < -0.39 is 0 Å². The molecule has 0 aliphatic carbocycles. The Kier molecular flexibility index (Phi) is 5.04. The molecular weight excluding hydrogens is 285 g/mol. The predicted octanol–water partition coefficient (Wildman–Crippen LogP) is 5.26. The Morgan fingerprint density at radius 1 is 0.913 bits per heavy atom. The Balaban J connectivity index is 1.66. The number of nitrogens with one attached hydrogen (secondary N) is 1. The molecule has 0 heterocycles. The lowest BCUT2D eigenvalue weighted by Crippen LogP contribution is -2.16. The maximum atomic E-state index is 13.1. The van der Waals surface area contributed by atoms with Crippen LogP contribution in [0.4, 0.5) is 4.39 Å². The van der Waals surface area contributed by atoms with Gasteiger partial charge in [-0.25, -0.2) is 4.39 Å². The monoisotopic (exact) mass is 307 g/mol. The number of hydrogen-bond donors (Lipinski definition) is 1. The van der Waals surface area contributed by atoms with Gasteiger partial charge in [0.05, 0.1) is 0 Å². The highest BCUT2D eigenvalue weighted by Gasteiger charge is 2.09. The number of rotatable bonds is 6. The fourth-order valence-corrected chi connectivity index (χ4v) is 3.18. The summed E-state index contributed by atoms with van der Waals surface area (Å²) in [6, 6.07) is 22.1. The largest absolute Gasteiger partial charge is 0.313 e. The summed E-state index contributed by atoms with van der Waals surface area (Å²) in [7, 11) is 1.96. The zero-order valence-electron chi connectivity index (χ0n) is 13.4. The molecule has 0 amide bonds. The van der Waals surface area contributed by atoms with Crippen molar-refractivity contribution in [2.45, 2.75) is 25.3 Å². The van der Waals surface area contributed by atoms with Crippen LogP contribution in [0.2, 0.25) is 0 Å². The Morgan fingerprint density at radius 2 is 1.65 bits per heavy atom. The van der Waals surface area contributed by atoms with Crippen LogP contribution in [0.15, 0.2) is 66.7 Å². The second kappa shape index (κ2) is 7.38. The minimum absolute atomic E-state index is 0.181. The minimum atomic E-state index is -0.181. The zero-order valence-corrected chi connectivity index (χ0v) is 13.4. The molecule has 1 N–H and O–H groups in total. The molecule has 0 fully saturated rings. The van der Waals surface area contributed by atoms with Crippen molar-refractivity contribution in [2.24, 2.45) is 0 Å². The molecule has 0 aliphatic heterocycles. The van der Waals surface area contributed by atoms with E-state index >= 15 is 0 Å². The van der Waals surface area contributed by atoms with Crippen molar-refractivity contribution in [2.75, 3.05) is 7.05 Å². The van der Waals surface area contributed by atoms with E-state index in [4.69, 9.17) is 0 Å². The normalized spacial score (nSPS) is 12.4. The molecule has 0 spiro atoms. The van der Waals surface area contributed by atoms with Crippen molar-refractivity contribution in [1.82, 2.24) is 5.32 Å². The van der Waals surface area contributed by atoms with Crippen LogP contribution in [-0.4, -0.2) is 7.05 Å². The topological polar surface area (TPSA) is 12.0 Å². The highest BCUT2D eigenvalue weighted by Crippen LogP contribution is 2.23. The molecule has 0 radical (unpaired) electrons. The van der Waals surface area contributed by atoms with Crippen LogP contribution in [0.25, 0.3) is 10.8 Å². The molecule has 1 unspecified atom stereocenters. The van der Waals surface area contributed by atoms with E-state index in [0.717, 1.165) is 24.8 Å². The molecule has 0 saturated carbocycles. The highest BCUT2D eigenvalue weighted by molar-refractivity contribution is 5.85. The Hall–Kier alpha value is -2.19. The van der Waals surface area contributed by atoms with Crippen LogP contribution in [0, 0.1) is 5.82 Å². The van der Waals surface area contributed by atoms with Crippen LogP contribution in [0.5, 0.6) is 0 Å². The van der Waals surface area contributed by atoms with Crippen LogP contribution in [0.3, 0.4) is 0 Å². The van der Waals surface area contributed by atoms with Gasteiger partial charge < -0.3 is 5.32 Å². The maximum Gasteiger partial charge on any atom is 0.123 e. The highest BCUT2D eigenvalue weighted by atomic mass is 19.1. The van der Waals surface area contributed by atoms with Gasteiger partial charge in [0.2, 0.25) is 0 Å². The fourth-order valence-electron chi connectivity index (χ4n) is 3.18. The summed E-state index contributed by atoms with van der Waals surface area (Å²) in [5.74, 6) is -0.181. The van der Waals surface area contributed by atoms with Crippen molar-refractivity contribution in [3.05, 3.63) is 83.7 Å². The van der Waals surface area contributed by atoms with Crippen molar-refractivity contribution in [3.63, 3.8) is 0 Å². The van der Waals surface area contributed by atoms with E-state index in [-0.39, 0.29) is 11.9 Å². The second-order valence-corrected chi connectivity index (χ2v) is 5.92. The molecule has 1 atom stereocenters. The number of fused-ring (bicyclic) bond motifs is 1. The molecule has 1 nitrogen and oxygen atoms in total. The van der Waals surface area contributed by atoms with Crippen LogP contribution in [0.1, 0.15) is 30.0 Å². The Morgan fingerprint density at radius 3 is 2.43 bits per heavy atom. The summed E-state index contributed by atoms with van der Waals surface area (Å²) in [6.45, 7) is 0. The van der Waals surface area contributed by atoms with Crippen molar-refractivity contribution < 1.29 is 4.39 Å². The molecular formula is C21H22FN. The standard InChI is InChI=1S/C21H22FN/c1-23-21(18-12-14-19(22)15-13-18)11-5-9-17-8-4-7-16-6-2-3-10-20(16)17/h2-4,6-8,10,12-15,21,23H,5,9,11H2,1H3. The van der Waals surface area contributed by atoms with Crippen LogP contribution >= 0.6 is 0 Å². The van der Waals surface area contributed by atoms with Gasteiger partial charge >= 0.3 is 0 Å². The molecule has 23 heavy (non-hydrogen) atoms. The van der Waals surface area contributed by atoms with Gasteiger partial charge in [-0.2, -0.15) is 0 Å². The van der Waals surface area contributed by atoms with E-state index in [0.29, 0.717) is 0 Å². The first-order chi connectivity index (χ1) is 11.3. The molecule has 0 bridgehead atoms. The third-order valence-corrected chi connectivity index (χ3v) is 4.44. The predicted molar refractivity (Wildman–Crippen MR) is 95.1 cm³/mol. The molecule has 118 valence electrons. The number of halogens is 1. The van der Waals surface area contributed by atoms with Gasteiger partial charge in [0.15, 0.2) is 0 Å². The van der Waals surface area contributed by atoms with Gasteiger partial charge in [0, 0.05) is 6.04 Å². The van der Waals surface area contributed by atoms with Gasteiger partial charge in [0.25, 0.3) is 0 Å². The summed E-state index contributed by atoms with van der Waals surface area (Å²) < 4.78 is 13.1. The first-order valence-corrected chi connectivity index (χ1v) is 8.17. The van der Waals surface area contributed by atoms with E-state index in [1.807, 2.05) is 19.2 Å². The lowest BCUT2D eigenvalue weighted by Gasteiger charge is -2.17. The first kappa shape index (κ1) is 15.7. The minimum Gasteiger partial charge on any atom is -0.313 e. The van der Waals surface area contributed by atoms with Crippen LogP contribution < -0.4 is 5.32 Å². The number of aryl methyl sites for hydroxylation is 1. The van der Waals surface area contributed by atoms with Crippen molar-refractivity contribution >= 4 is 10.8 Å². The van der Waals surface area contributed by atoms with E-state index in [2.05, 4.69) is 47.8 Å². The first-order valence-electron chi connectivity index (χ1n) is 8.17. The third kappa shape index (κ3) is 3.77. The zero-order chi connectivity index (χ0) is 16.1. The maximum absolute atomic E-state index is 13.1. The SMILES string of the molecule is CNC(CCCc1cccc2ccccc12)c1ccc(F)cc1. The quantitative estimate of drug-likeness (QED) is 0.655. The summed E-state index contributed by atoms with van der Waals surface area (Å²) in [6.07, 6.45) is 3.18. The van der Waals surface area contributed by atoms with Crippen LogP contribution in [-0.2, 0) is 6.42 Å². The van der Waals surface area contributed by atoms with Crippen molar-refractivity contribution in [1.29, 1.82) is 0 Å². The fraction of sp³-hybridized carbons (Fsp3) is 0.238. The van der Waals surface area contributed by atoms with E-state index in [1.54, 1.807) is 0 Å². The third-order valence-electron chi connectivity index (χ3n) is 4.44. The molecule has 0 aliphatic rings. The summed E-state index contributed by atoms with van der Waals surface area (Å²) in [5.41, 5.74) is 2.55. The summed E-state index contributed by atoms with van der Waals surface area (Å²) in [4.78, 5) is 0. The molecule has 3 aromatic carbocycles. The van der Waals surface area contributed by atoms with Gasteiger partial charge in [-0.3, -0.25) is 0 Å². The summed E-state index contributed by atoms with van der Waals surface area (Å²) >= 11 is 0. The molecule has 2 heteroatoms. The Labute approximate surface area is 137 Å². The molecule has 3 aromatic rings. The van der Waals surface area contributed by atoms with E-state index in [1.165, 1.54) is 28.5 Å². The van der Waals surface area contributed by atoms with Gasteiger partial charge in [-0.05, 0) is 60.3 Å². The number of hydrogen-bond acceptors (Lipinski definition) is 1. The molecule has 0 saturated heterocycles. The van der Waals surface area contributed by atoms with Gasteiger partial charge in [-0.1, -0.05) is 54.6 Å².